The number of hydrogen-bond acceptors (Lipinski definition) is 5. The highest BCUT2D eigenvalue weighted by molar-refractivity contribution is 5.85. The lowest BCUT2D eigenvalue weighted by Gasteiger charge is -2.05. The van der Waals surface area contributed by atoms with Crippen LogP contribution in [0.2, 0.25) is 0 Å². The van der Waals surface area contributed by atoms with Crippen molar-refractivity contribution < 1.29 is 22.5 Å². The van der Waals surface area contributed by atoms with E-state index in [0.717, 1.165) is 0 Å². The van der Waals surface area contributed by atoms with Gasteiger partial charge in [0.05, 0.1) is 11.8 Å². The van der Waals surface area contributed by atoms with Crippen molar-refractivity contribution in [3.05, 3.63) is 42.7 Å². The fraction of sp³-hybridized carbons (Fsp3) is 0.0714. The number of aromatic nitrogens is 1. The smallest absolute Gasteiger partial charge is 0.387 e. The van der Waals surface area contributed by atoms with E-state index >= 15 is 0 Å². The van der Waals surface area contributed by atoms with Gasteiger partial charge in [-0.15, -0.1) is 0 Å². The molecule has 0 fully saturated rings. The minimum absolute atomic E-state index is 0.0586. The molecule has 1 aromatic carbocycles. The fourth-order valence-electron chi connectivity index (χ4n) is 1.97. The molecular weight excluding hydrogens is 282 g/mol. The summed E-state index contributed by atoms with van der Waals surface area (Å²) in [4.78, 5) is 0. The first-order valence-corrected chi connectivity index (χ1v) is 5.99. The van der Waals surface area contributed by atoms with Crippen LogP contribution in [0, 0.1) is 0 Å². The molecule has 21 heavy (non-hydrogen) atoms. The lowest BCUT2D eigenvalue weighted by Crippen LogP contribution is -2.01. The maximum Gasteiger partial charge on any atom is 0.387 e. The van der Waals surface area contributed by atoms with Crippen molar-refractivity contribution in [2.45, 2.75) is 6.61 Å². The number of alkyl halides is 2. The van der Waals surface area contributed by atoms with Gasteiger partial charge in [-0.1, -0.05) is 17.3 Å². The van der Waals surface area contributed by atoms with Crippen LogP contribution in [0.1, 0.15) is 0 Å². The number of benzene rings is 1. The molecule has 5 nitrogen and oxygen atoms in total. The van der Waals surface area contributed by atoms with Gasteiger partial charge in [-0.25, -0.2) is 0 Å². The molecule has 108 valence electrons. The molecule has 0 spiro atoms. The lowest BCUT2D eigenvalue weighted by molar-refractivity contribution is -0.0498. The Morgan fingerprint density at radius 3 is 2.52 bits per heavy atom. The molecule has 0 aliphatic heterocycles. The summed E-state index contributed by atoms with van der Waals surface area (Å²) < 4.78 is 38.8. The normalized spacial score (nSPS) is 11.0. The van der Waals surface area contributed by atoms with Crippen LogP contribution in [0.3, 0.4) is 0 Å². The third kappa shape index (κ3) is 2.58. The van der Waals surface area contributed by atoms with Gasteiger partial charge in [-0.3, -0.25) is 0 Å². The first kappa shape index (κ1) is 13.2. The number of nitrogens with two attached hydrogens (primary N) is 1. The molecule has 0 unspecified atom stereocenters. The molecular formula is C14H10F2N2O3. The molecule has 3 rings (SSSR count). The first-order valence-electron chi connectivity index (χ1n) is 5.99. The lowest BCUT2D eigenvalue weighted by atomic mass is 10.0. The Hall–Kier alpha value is -2.83. The van der Waals surface area contributed by atoms with E-state index in [4.69, 9.17) is 14.7 Å². The van der Waals surface area contributed by atoms with Crippen molar-refractivity contribution in [3.63, 3.8) is 0 Å². The molecule has 0 saturated carbocycles. The fourth-order valence-corrected chi connectivity index (χ4v) is 1.97. The number of nitrogens with zero attached hydrogens (tertiary/aromatic N) is 1. The SMILES string of the molecule is Nc1onc(-c2ccco2)c1-c1ccc(OC(F)F)cc1. The number of furan rings is 1. The summed E-state index contributed by atoms with van der Waals surface area (Å²) in [5.41, 5.74) is 7.41. The van der Waals surface area contributed by atoms with Crippen LogP contribution in [0.4, 0.5) is 14.7 Å². The summed E-state index contributed by atoms with van der Waals surface area (Å²) in [7, 11) is 0. The summed E-state index contributed by atoms with van der Waals surface area (Å²) in [6, 6.07) is 9.44. The maximum absolute atomic E-state index is 12.1. The first-order chi connectivity index (χ1) is 10.1. The molecule has 0 aliphatic rings. The summed E-state index contributed by atoms with van der Waals surface area (Å²) >= 11 is 0. The third-order valence-electron chi connectivity index (χ3n) is 2.84. The zero-order valence-electron chi connectivity index (χ0n) is 10.6. The largest absolute Gasteiger partial charge is 0.463 e. The van der Waals surface area contributed by atoms with Gasteiger partial charge in [0.15, 0.2) is 11.5 Å². The molecule has 0 bridgehead atoms. The molecule has 0 atom stereocenters. The van der Waals surface area contributed by atoms with Gasteiger partial charge in [0.25, 0.3) is 0 Å². The monoisotopic (exact) mass is 292 g/mol. The highest BCUT2D eigenvalue weighted by Crippen LogP contribution is 2.36. The molecule has 7 heteroatoms. The van der Waals surface area contributed by atoms with E-state index in [2.05, 4.69) is 9.89 Å². The predicted octanol–water partition coefficient (Wildman–Crippen LogP) is 3.79. The molecule has 0 saturated heterocycles. The van der Waals surface area contributed by atoms with E-state index in [1.165, 1.54) is 18.4 Å². The zero-order valence-corrected chi connectivity index (χ0v) is 10.6. The van der Waals surface area contributed by atoms with Crippen LogP contribution in [-0.4, -0.2) is 11.8 Å². The van der Waals surface area contributed by atoms with Gasteiger partial charge in [0, 0.05) is 0 Å². The molecule has 0 aliphatic carbocycles. The average molecular weight is 292 g/mol. The van der Waals surface area contributed by atoms with Gasteiger partial charge >= 0.3 is 6.61 Å². The molecule has 0 radical (unpaired) electrons. The van der Waals surface area contributed by atoms with E-state index in [1.54, 1.807) is 24.3 Å². The minimum atomic E-state index is -2.87. The Balaban J connectivity index is 1.99. The minimum Gasteiger partial charge on any atom is -0.463 e. The molecule has 3 aromatic rings. The summed E-state index contributed by atoms with van der Waals surface area (Å²) in [6.45, 7) is -2.87. The van der Waals surface area contributed by atoms with Gasteiger partial charge in [0.1, 0.15) is 5.75 Å². The van der Waals surface area contributed by atoms with Crippen molar-refractivity contribution >= 4 is 5.88 Å². The van der Waals surface area contributed by atoms with Gasteiger partial charge in [0.2, 0.25) is 5.88 Å². The van der Waals surface area contributed by atoms with Crippen LogP contribution < -0.4 is 10.5 Å². The van der Waals surface area contributed by atoms with E-state index in [0.29, 0.717) is 22.6 Å². The highest BCUT2D eigenvalue weighted by Gasteiger charge is 2.19. The third-order valence-corrected chi connectivity index (χ3v) is 2.84. The Kier molecular flexibility index (Phi) is 3.31. The van der Waals surface area contributed by atoms with Crippen LogP contribution in [0.5, 0.6) is 5.75 Å². The summed E-state index contributed by atoms with van der Waals surface area (Å²) in [5.74, 6) is 0.672. The molecule has 2 aromatic heterocycles. The van der Waals surface area contributed by atoms with Gasteiger partial charge < -0.3 is 19.4 Å². The quantitative estimate of drug-likeness (QED) is 0.792. The number of hydrogen-bond donors (Lipinski definition) is 1. The Labute approximate surface area is 117 Å². The number of ether oxygens (including phenoxy) is 1. The van der Waals surface area contributed by atoms with Crippen molar-refractivity contribution in [3.8, 4) is 28.3 Å². The van der Waals surface area contributed by atoms with Crippen LogP contribution in [0.25, 0.3) is 22.6 Å². The predicted molar refractivity (Wildman–Crippen MR) is 70.7 cm³/mol. The Morgan fingerprint density at radius 1 is 1.14 bits per heavy atom. The standard InChI is InChI=1S/C14H10F2N2O3/c15-14(16)20-9-5-3-8(4-6-9)11-12(18-21-13(11)17)10-2-1-7-19-10/h1-7,14H,17H2. The maximum atomic E-state index is 12.1. The van der Waals surface area contributed by atoms with Crippen molar-refractivity contribution in [2.75, 3.05) is 5.73 Å². The van der Waals surface area contributed by atoms with E-state index in [1.807, 2.05) is 0 Å². The van der Waals surface area contributed by atoms with Crippen LogP contribution in [0.15, 0.2) is 51.6 Å². The Morgan fingerprint density at radius 2 is 1.90 bits per heavy atom. The molecule has 0 amide bonds. The van der Waals surface area contributed by atoms with E-state index < -0.39 is 6.61 Å². The molecule has 2 N–H and O–H groups in total. The van der Waals surface area contributed by atoms with Gasteiger partial charge in [-0.2, -0.15) is 8.78 Å². The Bertz CT molecular complexity index is 721. The molecule has 2 heterocycles. The van der Waals surface area contributed by atoms with E-state index in [-0.39, 0.29) is 11.6 Å². The van der Waals surface area contributed by atoms with Gasteiger partial charge in [-0.05, 0) is 29.8 Å². The second-order valence-electron chi connectivity index (χ2n) is 4.15. The highest BCUT2D eigenvalue weighted by atomic mass is 19.3. The number of anilines is 1. The van der Waals surface area contributed by atoms with E-state index in [9.17, 15) is 8.78 Å². The van der Waals surface area contributed by atoms with Crippen LogP contribution >= 0.6 is 0 Å². The number of rotatable bonds is 4. The second-order valence-corrected chi connectivity index (χ2v) is 4.15. The summed E-state index contributed by atoms with van der Waals surface area (Å²) in [5, 5.41) is 3.86. The zero-order chi connectivity index (χ0) is 14.8. The topological polar surface area (TPSA) is 74.4 Å². The van der Waals surface area contributed by atoms with Crippen molar-refractivity contribution in [2.24, 2.45) is 0 Å². The van der Waals surface area contributed by atoms with Crippen molar-refractivity contribution in [1.82, 2.24) is 5.16 Å². The summed E-state index contributed by atoms with van der Waals surface area (Å²) in [6.07, 6.45) is 1.50. The second kappa shape index (κ2) is 5.28. The number of halogens is 2. The van der Waals surface area contributed by atoms with Crippen LogP contribution in [-0.2, 0) is 0 Å². The average Bonchev–Trinajstić information content (AvgIpc) is 3.08. The number of nitrogen functional groups attached to an aromatic ring is 1. The van der Waals surface area contributed by atoms with Crippen molar-refractivity contribution in [1.29, 1.82) is 0 Å².